The van der Waals surface area contributed by atoms with Crippen molar-refractivity contribution in [2.24, 2.45) is 0 Å². The molecule has 6 heteroatoms. The summed E-state index contributed by atoms with van der Waals surface area (Å²) < 4.78 is 2.01. The average Bonchev–Trinajstić information content (AvgIpc) is 2.83. The molecule has 0 aromatic carbocycles. The molecule has 0 bridgehead atoms. The molecule has 0 atom stereocenters. The molecular formula is C12H14N2O2S2. The van der Waals surface area contributed by atoms with Gasteiger partial charge in [-0.25, -0.2) is 4.98 Å². The summed E-state index contributed by atoms with van der Waals surface area (Å²) >= 11 is 3.01. The van der Waals surface area contributed by atoms with Crippen molar-refractivity contribution in [2.45, 2.75) is 25.5 Å². The first-order valence-corrected chi connectivity index (χ1v) is 7.28. The highest BCUT2D eigenvalue weighted by Gasteiger charge is 2.09. The molecule has 2 aromatic rings. The van der Waals surface area contributed by atoms with Crippen molar-refractivity contribution in [2.75, 3.05) is 5.75 Å². The minimum absolute atomic E-state index is 0.0416. The normalized spacial score (nSPS) is 10.8. The van der Waals surface area contributed by atoms with E-state index in [0.29, 0.717) is 0 Å². The third kappa shape index (κ3) is 3.36. The van der Waals surface area contributed by atoms with Crippen molar-refractivity contribution in [1.82, 2.24) is 9.55 Å². The fourth-order valence-electron chi connectivity index (χ4n) is 1.62. The minimum atomic E-state index is -0.820. The van der Waals surface area contributed by atoms with Crippen molar-refractivity contribution >= 4 is 29.1 Å². The maximum absolute atomic E-state index is 10.6. The van der Waals surface area contributed by atoms with Crippen LogP contribution in [0, 0.1) is 13.8 Å². The zero-order valence-electron chi connectivity index (χ0n) is 10.2. The molecule has 96 valence electrons. The molecule has 0 aliphatic heterocycles. The topological polar surface area (TPSA) is 55.1 Å². The number of imidazole rings is 1. The van der Waals surface area contributed by atoms with Gasteiger partial charge in [0.2, 0.25) is 0 Å². The fourth-order valence-corrected chi connectivity index (χ4v) is 3.25. The van der Waals surface area contributed by atoms with Gasteiger partial charge >= 0.3 is 5.97 Å². The Labute approximate surface area is 114 Å². The number of aryl methyl sites for hydroxylation is 2. The van der Waals surface area contributed by atoms with Crippen molar-refractivity contribution < 1.29 is 9.90 Å². The summed E-state index contributed by atoms with van der Waals surface area (Å²) in [6.45, 7) is 4.75. The first-order chi connectivity index (χ1) is 8.54. The van der Waals surface area contributed by atoms with Gasteiger partial charge in [-0.2, -0.15) is 0 Å². The maximum atomic E-state index is 10.6. The molecule has 0 saturated heterocycles. The van der Waals surface area contributed by atoms with Gasteiger partial charge in [0.25, 0.3) is 0 Å². The van der Waals surface area contributed by atoms with Gasteiger partial charge in [0, 0.05) is 16.0 Å². The van der Waals surface area contributed by atoms with Crippen LogP contribution in [0.4, 0.5) is 0 Å². The first-order valence-electron chi connectivity index (χ1n) is 5.48. The van der Waals surface area contributed by atoms with Crippen LogP contribution in [0.15, 0.2) is 23.5 Å². The Balaban J connectivity index is 2.14. The molecule has 2 rings (SSSR count). The lowest BCUT2D eigenvalue weighted by Crippen LogP contribution is -2.02. The number of hydrogen-bond acceptors (Lipinski definition) is 4. The number of nitrogens with zero attached hydrogens (tertiary/aromatic N) is 2. The number of hydrogen-bond donors (Lipinski definition) is 1. The first kappa shape index (κ1) is 13.2. The quantitative estimate of drug-likeness (QED) is 0.857. The van der Waals surface area contributed by atoms with E-state index in [-0.39, 0.29) is 5.75 Å². The summed E-state index contributed by atoms with van der Waals surface area (Å²) in [6, 6.07) is 4.19. The Bertz CT molecular complexity index is 560. The predicted molar refractivity (Wildman–Crippen MR) is 73.5 cm³/mol. The summed E-state index contributed by atoms with van der Waals surface area (Å²) in [4.78, 5) is 17.5. The Morgan fingerprint density at radius 1 is 1.50 bits per heavy atom. The zero-order chi connectivity index (χ0) is 13.1. The molecule has 0 aliphatic carbocycles. The summed E-state index contributed by atoms with van der Waals surface area (Å²) in [7, 11) is 0. The van der Waals surface area contributed by atoms with E-state index in [1.165, 1.54) is 21.5 Å². The second-order valence-electron chi connectivity index (χ2n) is 3.99. The van der Waals surface area contributed by atoms with Gasteiger partial charge in [0.15, 0.2) is 5.16 Å². The van der Waals surface area contributed by atoms with Crippen LogP contribution < -0.4 is 0 Å². The van der Waals surface area contributed by atoms with Gasteiger partial charge in [-0.1, -0.05) is 11.8 Å². The molecule has 0 fully saturated rings. The maximum Gasteiger partial charge on any atom is 0.313 e. The number of carboxylic acids is 1. The van der Waals surface area contributed by atoms with Gasteiger partial charge < -0.3 is 9.67 Å². The van der Waals surface area contributed by atoms with Gasteiger partial charge in [-0.15, -0.1) is 11.3 Å². The van der Waals surface area contributed by atoms with Crippen molar-refractivity contribution in [3.63, 3.8) is 0 Å². The standard InChI is InChI=1S/C12H14N2O2S2/c1-8-5-14(6-10-4-3-9(2)18-10)12(13-8)17-7-11(15)16/h3-5H,6-7H2,1-2H3,(H,15,16). The molecule has 1 N–H and O–H groups in total. The summed E-state index contributed by atoms with van der Waals surface area (Å²) in [5.41, 5.74) is 0.913. The molecule has 0 aliphatic rings. The Morgan fingerprint density at radius 2 is 2.28 bits per heavy atom. The van der Waals surface area contributed by atoms with E-state index in [1.807, 2.05) is 17.7 Å². The third-order valence-corrected chi connectivity index (χ3v) is 4.27. The highest BCUT2D eigenvalue weighted by Crippen LogP contribution is 2.22. The summed E-state index contributed by atoms with van der Waals surface area (Å²) in [5, 5.41) is 9.47. The SMILES string of the molecule is Cc1cn(Cc2ccc(C)s2)c(SCC(=O)O)n1. The Kier molecular flexibility index (Phi) is 4.08. The van der Waals surface area contributed by atoms with Crippen LogP contribution in [-0.2, 0) is 11.3 Å². The number of carbonyl (C=O) groups is 1. The van der Waals surface area contributed by atoms with Gasteiger partial charge in [-0.05, 0) is 26.0 Å². The van der Waals surface area contributed by atoms with Gasteiger partial charge in [-0.3, -0.25) is 4.79 Å². The lowest BCUT2D eigenvalue weighted by Gasteiger charge is -2.04. The minimum Gasteiger partial charge on any atom is -0.481 e. The Hall–Kier alpha value is -1.27. The van der Waals surface area contributed by atoms with Crippen molar-refractivity contribution in [1.29, 1.82) is 0 Å². The molecular weight excluding hydrogens is 268 g/mol. The van der Waals surface area contributed by atoms with E-state index in [9.17, 15) is 4.79 Å². The molecule has 0 spiro atoms. The number of aromatic nitrogens is 2. The molecule has 0 saturated carbocycles. The summed E-state index contributed by atoms with van der Waals surface area (Å²) in [5.74, 6) is -0.779. The largest absolute Gasteiger partial charge is 0.481 e. The summed E-state index contributed by atoms with van der Waals surface area (Å²) in [6.07, 6.45) is 1.96. The molecule has 0 amide bonds. The second kappa shape index (κ2) is 5.58. The predicted octanol–water partition coefficient (Wildman–Crippen LogP) is 2.79. The fraction of sp³-hybridized carbons (Fsp3) is 0.333. The average molecular weight is 282 g/mol. The number of carboxylic acid groups (broad SMARTS) is 1. The van der Waals surface area contributed by atoms with E-state index in [4.69, 9.17) is 5.11 Å². The van der Waals surface area contributed by atoms with E-state index < -0.39 is 5.97 Å². The lowest BCUT2D eigenvalue weighted by atomic mass is 10.4. The second-order valence-corrected chi connectivity index (χ2v) is 6.30. The van der Waals surface area contributed by atoms with Crippen LogP contribution in [0.1, 0.15) is 15.4 Å². The van der Waals surface area contributed by atoms with Crippen molar-refractivity contribution in [3.8, 4) is 0 Å². The number of rotatable bonds is 5. The Morgan fingerprint density at radius 3 is 2.89 bits per heavy atom. The molecule has 2 aromatic heterocycles. The van der Waals surface area contributed by atoms with Crippen LogP contribution in [0.2, 0.25) is 0 Å². The van der Waals surface area contributed by atoms with Crippen LogP contribution >= 0.6 is 23.1 Å². The van der Waals surface area contributed by atoms with Crippen LogP contribution in [0.25, 0.3) is 0 Å². The van der Waals surface area contributed by atoms with Crippen LogP contribution in [0.5, 0.6) is 0 Å². The molecule has 0 unspecified atom stereocenters. The monoisotopic (exact) mass is 282 g/mol. The highest BCUT2D eigenvalue weighted by atomic mass is 32.2. The lowest BCUT2D eigenvalue weighted by molar-refractivity contribution is -0.133. The molecule has 4 nitrogen and oxygen atoms in total. The molecule has 0 radical (unpaired) electrons. The van der Waals surface area contributed by atoms with Gasteiger partial charge in [0.1, 0.15) is 0 Å². The number of thioether (sulfide) groups is 1. The molecule has 2 heterocycles. The van der Waals surface area contributed by atoms with Crippen LogP contribution in [0.3, 0.4) is 0 Å². The number of thiophene rings is 1. The number of aliphatic carboxylic acids is 1. The van der Waals surface area contributed by atoms with E-state index >= 15 is 0 Å². The van der Waals surface area contributed by atoms with Crippen LogP contribution in [-0.4, -0.2) is 26.4 Å². The van der Waals surface area contributed by atoms with E-state index in [1.54, 1.807) is 11.3 Å². The van der Waals surface area contributed by atoms with Gasteiger partial charge in [0.05, 0.1) is 18.0 Å². The van der Waals surface area contributed by atoms with E-state index in [0.717, 1.165) is 17.4 Å². The van der Waals surface area contributed by atoms with Crippen molar-refractivity contribution in [3.05, 3.63) is 33.8 Å². The highest BCUT2D eigenvalue weighted by molar-refractivity contribution is 7.99. The zero-order valence-corrected chi connectivity index (χ0v) is 11.8. The molecule has 18 heavy (non-hydrogen) atoms. The third-order valence-electron chi connectivity index (χ3n) is 2.31. The van der Waals surface area contributed by atoms with E-state index in [2.05, 4.69) is 24.0 Å². The smallest absolute Gasteiger partial charge is 0.313 e.